The first kappa shape index (κ1) is 13.1. The van der Waals surface area contributed by atoms with Crippen LogP contribution < -0.4 is 5.73 Å². The molecule has 102 valence electrons. The summed E-state index contributed by atoms with van der Waals surface area (Å²) in [6, 6.07) is 6.62. The number of nitrogens with zero attached hydrogens (tertiary/aromatic N) is 2. The smallest absolute Gasteiger partial charge is 0.142 e. The van der Waals surface area contributed by atoms with Gasteiger partial charge in [0.2, 0.25) is 0 Å². The van der Waals surface area contributed by atoms with Gasteiger partial charge in [-0.15, -0.1) is 0 Å². The molecule has 0 saturated carbocycles. The summed E-state index contributed by atoms with van der Waals surface area (Å²) in [5.74, 6) is 0.298. The molecule has 1 aromatic carbocycles. The van der Waals surface area contributed by atoms with Crippen LogP contribution in [0.4, 0.5) is 10.2 Å². The second kappa shape index (κ2) is 4.59. The van der Waals surface area contributed by atoms with Crippen molar-refractivity contribution in [3.8, 4) is 11.3 Å². The molecule has 3 rings (SSSR count). The maximum Gasteiger partial charge on any atom is 0.142 e. The zero-order valence-corrected chi connectivity index (χ0v) is 12.7. The van der Waals surface area contributed by atoms with Crippen LogP contribution in [-0.2, 0) is 0 Å². The number of pyridine rings is 1. The van der Waals surface area contributed by atoms with Crippen LogP contribution in [0.25, 0.3) is 16.9 Å². The van der Waals surface area contributed by atoms with Crippen LogP contribution in [-0.4, -0.2) is 9.38 Å². The third kappa shape index (κ3) is 1.98. The third-order valence-electron chi connectivity index (χ3n) is 3.35. The summed E-state index contributed by atoms with van der Waals surface area (Å²) in [6.07, 6.45) is 1.88. The van der Waals surface area contributed by atoms with Crippen LogP contribution in [0.5, 0.6) is 0 Å². The van der Waals surface area contributed by atoms with E-state index in [9.17, 15) is 4.39 Å². The third-order valence-corrected chi connectivity index (χ3v) is 3.78. The van der Waals surface area contributed by atoms with Crippen molar-refractivity contribution in [3.63, 3.8) is 0 Å². The summed E-state index contributed by atoms with van der Waals surface area (Å²) >= 11 is 3.45. The number of fused-ring (bicyclic) bond motifs is 1. The van der Waals surface area contributed by atoms with Crippen molar-refractivity contribution in [2.24, 2.45) is 0 Å². The predicted octanol–water partition coefficient (Wildman–Crippen LogP) is 4.10. The number of hydrogen-bond acceptors (Lipinski definition) is 2. The zero-order valence-electron chi connectivity index (χ0n) is 11.1. The SMILES string of the molecule is Cc1cc(F)ccc1-c1nc2c(C)cc(Br)cn2c1N. The largest absolute Gasteiger partial charge is 0.383 e. The minimum atomic E-state index is -0.257. The van der Waals surface area contributed by atoms with E-state index < -0.39 is 0 Å². The Morgan fingerprint density at radius 3 is 2.65 bits per heavy atom. The summed E-state index contributed by atoms with van der Waals surface area (Å²) in [4.78, 5) is 4.61. The van der Waals surface area contributed by atoms with E-state index in [4.69, 9.17) is 5.73 Å². The standard InChI is InChI=1S/C15H13BrFN3/c1-8-6-11(17)3-4-12(8)13-14(18)20-7-10(16)5-9(2)15(20)19-13/h3-7H,18H2,1-2H3. The predicted molar refractivity (Wildman–Crippen MR) is 82.2 cm³/mol. The minimum absolute atomic E-state index is 0.257. The average molecular weight is 334 g/mol. The Balaban J connectivity index is 2.32. The molecule has 0 bridgehead atoms. The molecule has 0 aliphatic carbocycles. The van der Waals surface area contributed by atoms with Crippen molar-refractivity contribution in [1.29, 1.82) is 0 Å². The highest BCUT2D eigenvalue weighted by atomic mass is 79.9. The van der Waals surface area contributed by atoms with E-state index in [1.807, 2.05) is 30.5 Å². The van der Waals surface area contributed by atoms with Gasteiger partial charge in [0, 0.05) is 16.2 Å². The molecule has 0 fully saturated rings. The molecule has 2 aromatic heterocycles. The van der Waals surface area contributed by atoms with Gasteiger partial charge < -0.3 is 5.73 Å². The van der Waals surface area contributed by atoms with E-state index in [1.54, 1.807) is 6.07 Å². The summed E-state index contributed by atoms with van der Waals surface area (Å²) in [7, 11) is 0. The summed E-state index contributed by atoms with van der Waals surface area (Å²) < 4.78 is 16.0. The lowest BCUT2D eigenvalue weighted by Gasteiger charge is -2.04. The number of hydrogen-bond donors (Lipinski definition) is 1. The van der Waals surface area contributed by atoms with Crippen molar-refractivity contribution in [2.75, 3.05) is 5.73 Å². The van der Waals surface area contributed by atoms with Gasteiger partial charge in [0.1, 0.15) is 23.0 Å². The lowest BCUT2D eigenvalue weighted by Crippen LogP contribution is -1.96. The first-order valence-electron chi connectivity index (χ1n) is 6.17. The highest BCUT2D eigenvalue weighted by molar-refractivity contribution is 9.10. The normalized spacial score (nSPS) is 11.2. The molecule has 0 amide bonds. The average Bonchev–Trinajstić information content (AvgIpc) is 2.68. The number of aromatic nitrogens is 2. The number of nitrogen functional groups attached to an aromatic ring is 1. The molecule has 0 atom stereocenters. The first-order valence-corrected chi connectivity index (χ1v) is 6.97. The molecule has 0 aliphatic rings. The molecule has 2 N–H and O–H groups in total. The van der Waals surface area contributed by atoms with Crippen molar-refractivity contribution in [3.05, 3.63) is 51.9 Å². The minimum Gasteiger partial charge on any atom is -0.383 e. The van der Waals surface area contributed by atoms with E-state index in [-0.39, 0.29) is 5.82 Å². The fourth-order valence-electron chi connectivity index (χ4n) is 2.38. The molecule has 0 unspecified atom stereocenters. The second-order valence-electron chi connectivity index (χ2n) is 4.84. The molecule has 2 heterocycles. The van der Waals surface area contributed by atoms with E-state index in [0.29, 0.717) is 11.5 Å². The zero-order chi connectivity index (χ0) is 14.4. The topological polar surface area (TPSA) is 43.3 Å². The molecule has 0 spiro atoms. The van der Waals surface area contributed by atoms with Gasteiger partial charge in [-0.25, -0.2) is 9.37 Å². The van der Waals surface area contributed by atoms with E-state index >= 15 is 0 Å². The number of benzene rings is 1. The number of halogens is 2. The quantitative estimate of drug-likeness (QED) is 0.728. The molecule has 20 heavy (non-hydrogen) atoms. The fourth-order valence-corrected chi connectivity index (χ4v) is 2.93. The van der Waals surface area contributed by atoms with E-state index in [0.717, 1.165) is 26.8 Å². The van der Waals surface area contributed by atoms with Gasteiger partial charge in [-0.3, -0.25) is 4.40 Å². The highest BCUT2D eigenvalue weighted by Gasteiger charge is 2.15. The van der Waals surface area contributed by atoms with Crippen LogP contribution in [0.1, 0.15) is 11.1 Å². The first-order chi connectivity index (χ1) is 9.47. The highest BCUT2D eigenvalue weighted by Crippen LogP contribution is 2.31. The summed E-state index contributed by atoms with van der Waals surface area (Å²) in [5, 5.41) is 0. The van der Waals surface area contributed by atoms with Gasteiger partial charge in [-0.05, 0) is 65.2 Å². The van der Waals surface area contributed by atoms with Crippen LogP contribution in [0.15, 0.2) is 34.9 Å². The van der Waals surface area contributed by atoms with Crippen LogP contribution >= 0.6 is 15.9 Å². The number of imidazole rings is 1. The molecule has 5 heteroatoms. The Morgan fingerprint density at radius 2 is 1.95 bits per heavy atom. The number of anilines is 1. The number of nitrogens with two attached hydrogens (primary N) is 1. The summed E-state index contributed by atoms with van der Waals surface area (Å²) in [5.41, 5.74) is 10.4. The molecule has 3 aromatic rings. The molecular weight excluding hydrogens is 321 g/mol. The molecule has 0 saturated heterocycles. The van der Waals surface area contributed by atoms with Gasteiger partial charge in [-0.1, -0.05) is 0 Å². The maximum atomic E-state index is 13.2. The summed E-state index contributed by atoms with van der Waals surface area (Å²) in [6.45, 7) is 3.83. The Labute approximate surface area is 124 Å². The van der Waals surface area contributed by atoms with Crippen LogP contribution in [0.3, 0.4) is 0 Å². The molecule has 0 aliphatic heterocycles. The monoisotopic (exact) mass is 333 g/mol. The molecular formula is C15H13BrFN3. The van der Waals surface area contributed by atoms with Crippen molar-refractivity contribution < 1.29 is 4.39 Å². The van der Waals surface area contributed by atoms with Crippen LogP contribution in [0.2, 0.25) is 0 Å². The van der Waals surface area contributed by atoms with Gasteiger partial charge in [0.05, 0.1) is 0 Å². The maximum absolute atomic E-state index is 13.2. The fraction of sp³-hybridized carbons (Fsp3) is 0.133. The van der Waals surface area contributed by atoms with Crippen molar-refractivity contribution in [2.45, 2.75) is 13.8 Å². The van der Waals surface area contributed by atoms with E-state index in [2.05, 4.69) is 20.9 Å². The van der Waals surface area contributed by atoms with E-state index in [1.165, 1.54) is 12.1 Å². The van der Waals surface area contributed by atoms with Gasteiger partial charge in [0.25, 0.3) is 0 Å². The lowest BCUT2D eigenvalue weighted by atomic mass is 10.1. The molecule has 3 nitrogen and oxygen atoms in total. The lowest BCUT2D eigenvalue weighted by molar-refractivity contribution is 0.627. The Hall–Kier alpha value is -1.88. The Morgan fingerprint density at radius 1 is 1.20 bits per heavy atom. The Bertz CT molecular complexity index is 824. The number of rotatable bonds is 1. The van der Waals surface area contributed by atoms with Crippen molar-refractivity contribution >= 4 is 27.4 Å². The van der Waals surface area contributed by atoms with Crippen LogP contribution in [0, 0.1) is 19.7 Å². The second-order valence-corrected chi connectivity index (χ2v) is 5.76. The number of aryl methyl sites for hydroxylation is 2. The van der Waals surface area contributed by atoms with Crippen molar-refractivity contribution in [1.82, 2.24) is 9.38 Å². The Kier molecular flexibility index (Phi) is 3.01. The van der Waals surface area contributed by atoms with Gasteiger partial charge in [0.15, 0.2) is 0 Å². The van der Waals surface area contributed by atoms with Gasteiger partial charge in [-0.2, -0.15) is 0 Å². The van der Waals surface area contributed by atoms with Gasteiger partial charge >= 0.3 is 0 Å². The molecule has 0 radical (unpaired) electrons.